The van der Waals surface area contributed by atoms with Gasteiger partial charge in [-0.05, 0) is 28.8 Å². The fraction of sp³-hybridized carbons (Fsp3) is 0.294. The average molecular weight is 282 g/mol. The van der Waals surface area contributed by atoms with E-state index in [2.05, 4.69) is 29.2 Å². The molecule has 0 fully saturated rings. The summed E-state index contributed by atoms with van der Waals surface area (Å²) in [5.74, 6) is 1.60. The van der Waals surface area contributed by atoms with Gasteiger partial charge < -0.3 is 15.2 Å². The van der Waals surface area contributed by atoms with Gasteiger partial charge in [0.1, 0.15) is 0 Å². The van der Waals surface area contributed by atoms with Crippen molar-refractivity contribution in [1.82, 2.24) is 4.90 Å². The third kappa shape index (κ3) is 2.37. The molecule has 4 nitrogen and oxygen atoms in total. The summed E-state index contributed by atoms with van der Waals surface area (Å²) in [6.07, 6.45) is 0. The summed E-state index contributed by atoms with van der Waals surface area (Å²) in [6, 6.07) is 14.5. The van der Waals surface area contributed by atoms with E-state index in [1.807, 2.05) is 18.2 Å². The van der Waals surface area contributed by atoms with Crippen molar-refractivity contribution in [2.75, 3.05) is 13.3 Å². The molecular weight excluding hydrogens is 264 g/mol. The topological polar surface area (TPSA) is 47.7 Å². The predicted octanol–water partition coefficient (Wildman–Crippen LogP) is 2.43. The molecule has 0 amide bonds. The van der Waals surface area contributed by atoms with Crippen LogP contribution < -0.4 is 15.2 Å². The van der Waals surface area contributed by atoms with Gasteiger partial charge in [-0.15, -0.1) is 0 Å². The second-order valence-corrected chi connectivity index (χ2v) is 5.66. The molecule has 1 atom stereocenters. The molecule has 1 unspecified atom stereocenters. The first-order valence-electron chi connectivity index (χ1n) is 7.24. The minimum Gasteiger partial charge on any atom is -0.454 e. The Hall–Kier alpha value is -2.04. The van der Waals surface area contributed by atoms with E-state index in [1.54, 1.807) is 0 Å². The summed E-state index contributed by atoms with van der Waals surface area (Å²) in [4.78, 5) is 2.39. The highest BCUT2D eigenvalue weighted by Crippen LogP contribution is 2.34. The monoisotopic (exact) mass is 282 g/mol. The van der Waals surface area contributed by atoms with Gasteiger partial charge in [0.05, 0.1) is 0 Å². The Bertz CT molecular complexity index is 647. The quantitative estimate of drug-likeness (QED) is 0.939. The molecule has 0 saturated heterocycles. The molecule has 2 aromatic rings. The minimum atomic E-state index is -0.0196. The summed E-state index contributed by atoms with van der Waals surface area (Å²) in [7, 11) is 0. The molecule has 2 N–H and O–H groups in total. The molecule has 2 aliphatic rings. The number of hydrogen-bond acceptors (Lipinski definition) is 4. The first-order valence-corrected chi connectivity index (χ1v) is 7.24. The van der Waals surface area contributed by atoms with E-state index in [-0.39, 0.29) is 6.04 Å². The Kier molecular flexibility index (Phi) is 3.05. The molecule has 0 aromatic heterocycles. The first kappa shape index (κ1) is 12.7. The van der Waals surface area contributed by atoms with Gasteiger partial charge in [-0.2, -0.15) is 0 Å². The highest BCUT2D eigenvalue weighted by molar-refractivity contribution is 5.45. The van der Waals surface area contributed by atoms with Crippen LogP contribution in [0.1, 0.15) is 22.7 Å². The largest absolute Gasteiger partial charge is 0.454 e. The number of nitrogens with zero attached hydrogens (tertiary/aromatic N) is 1. The van der Waals surface area contributed by atoms with Crippen LogP contribution >= 0.6 is 0 Å². The van der Waals surface area contributed by atoms with Crippen molar-refractivity contribution in [2.45, 2.75) is 19.1 Å². The van der Waals surface area contributed by atoms with Crippen molar-refractivity contribution in [3.63, 3.8) is 0 Å². The molecule has 108 valence electrons. The van der Waals surface area contributed by atoms with E-state index < -0.39 is 0 Å². The van der Waals surface area contributed by atoms with Crippen molar-refractivity contribution < 1.29 is 9.47 Å². The fourth-order valence-electron chi connectivity index (χ4n) is 3.06. The third-order valence-electron chi connectivity index (χ3n) is 4.19. The molecule has 0 spiro atoms. The van der Waals surface area contributed by atoms with Gasteiger partial charge >= 0.3 is 0 Å². The molecular formula is C17H18N2O2. The van der Waals surface area contributed by atoms with E-state index in [4.69, 9.17) is 15.2 Å². The van der Waals surface area contributed by atoms with Gasteiger partial charge in [0, 0.05) is 25.7 Å². The first-order chi connectivity index (χ1) is 10.3. The smallest absolute Gasteiger partial charge is 0.231 e. The zero-order chi connectivity index (χ0) is 14.2. The van der Waals surface area contributed by atoms with Gasteiger partial charge in [0.15, 0.2) is 11.5 Å². The molecule has 0 bridgehead atoms. The molecule has 2 aliphatic heterocycles. The van der Waals surface area contributed by atoms with Gasteiger partial charge in [-0.3, -0.25) is 4.90 Å². The molecule has 2 aromatic carbocycles. The number of hydrogen-bond donors (Lipinski definition) is 1. The zero-order valence-corrected chi connectivity index (χ0v) is 11.8. The Labute approximate surface area is 124 Å². The highest BCUT2D eigenvalue weighted by atomic mass is 16.7. The predicted molar refractivity (Wildman–Crippen MR) is 80.0 cm³/mol. The van der Waals surface area contributed by atoms with Gasteiger partial charge in [-0.25, -0.2) is 0 Å². The number of ether oxygens (including phenoxy) is 2. The third-order valence-corrected chi connectivity index (χ3v) is 4.19. The molecule has 4 heteroatoms. The lowest BCUT2D eigenvalue weighted by atomic mass is 10.1. The lowest BCUT2D eigenvalue weighted by Gasteiger charge is -2.20. The van der Waals surface area contributed by atoms with Crippen LogP contribution in [-0.2, 0) is 13.1 Å². The van der Waals surface area contributed by atoms with Crippen molar-refractivity contribution in [1.29, 1.82) is 0 Å². The van der Waals surface area contributed by atoms with Crippen molar-refractivity contribution in [2.24, 2.45) is 5.73 Å². The van der Waals surface area contributed by atoms with Crippen molar-refractivity contribution in [3.05, 3.63) is 59.2 Å². The number of nitrogens with two attached hydrogens (primary N) is 1. The molecule has 21 heavy (non-hydrogen) atoms. The van der Waals surface area contributed by atoms with E-state index in [9.17, 15) is 0 Å². The molecule has 4 rings (SSSR count). The summed E-state index contributed by atoms with van der Waals surface area (Å²) in [5.41, 5.74) is 10.3. The van der Waals surface area contributed by atoms with Crippen LogP contribution in [0.2, 0.25) is 0 Å². The summed E-state index contributed by atoms with van der Waals surface area (Å²) >= 11 is 0. The van der Waals surface area contributed by atoms with Gasteiger partial charge in [0.2, 0.25) is 6.79 Å². The van der Waals surface area contributed by atoms with Crippen LogP contribution in [0, 0.1) is 0 Å². The van der Waals surface area contributed by atoms with Gasteiger partial charge in [0.25, 0.3) is 0 Å². The van der Waals surface area contributed by atoms with Crippen molar-refractivity contribution in [3.8, 4) is 11.5 Å². The summed E-state index contributed by atoms with van der Waals surface area (Å²) in [6.45, 7) is 3.10. The van der Waals surface area contributed by atoms with Crippen LogP contribution in [0.15, 0.2) is 42.5 Å². The van der Waals surface area contributed by atoms with Crippen LogP contribution in [0.25, 0.3) is 0 Å². The van der Waals surface area contributed by atoms with E-state index in [0.29, 0.717) is 6.79 Å². The van der Waals surface area contributed by atoms with Crippen molar-refractivity contribution >= 4 is 0 Å². The van der Waals surface area contributed by atoms with Crippen LogP contribution in [0.3, 0.4) is 0 Å². The lowest BCUT2D eigenvalue weighted by Crippen LogP contribution is -2.28. The number of fused-ring (bicyclic) bond motifs is 2. The van der Waals surface area contributed by atoms with Gasteiger partial charge in [-0.1, -0.05) is 30.3 Å². The lowest BCUT2D eigenvalue weighted by molar-refractivity contribution is 0.174. The highest BCUT2D eigenvalue weighted by Gasteiger charge is 2.22. The number of benzene rings is 2. The Balaban J connectivity index is 1.46. The molecule has 0 saturated carbocycles. The standard InChI is InChI=1S/C17H18N2O2/c18-15(12-5-6-16-17(7-12)21-11-20-16)10-19-8-13-3-1-2-4-14(13)9-19/h1-7,15H,8-11,18H2. The molecule has 2 heterocycles. The van der Waals surface area contributed by atoms with E-state index >= 15 is 0 Å². The summed E-state index contributed by atoms with van der Waals surface area (Å²) in [5, 5.41) is 0. The maximum absolute atomic E-state index is 6.37. The van der Waals surface area contributed by atoms with Crippen LogP contribution in [0.4, 0.5) is 0 Å². The normalized spacial score (nSPS) is 17.8. The Morgan fingerprint density at radius 1 is 1.00 bits per heavy atom. The Morgan fingerprint density at radius 2 is 1.71 bits per heavy atom. The minimum absolute atomic E-state index is 0.0196. The van der Waals surface area contributed by atoms with Crippen LogP contribution in [-0.4, -0.2) is 18.2 Å². The fourth-order valence-corrected chi connectivity index (χ4v) is 3.06. The summed E-state index contributed by atoms with van der Waals surface area (Å²) < 4.78 is 10.8. The van der Waals surface area contributed by atoms with E-state index in [1.165, 1.54) is 11.1 Å². The van der Waals surface area contributed by atoms with Crippen LogP contribution in [0.5, 0.6) is 11.5 Å². The average Bonchev–Trinajstić information content (AvgIpc) is 3.11. The Morgan fingerprint density at radius 3 is 2.48 bits per heavy atom. The maximum Gasteiger partial charge on any atom is 0.231 e. The van der Waals surface area contributed by atoms with E-state index in [0.717, 1.165) is 36.7 Å². The maximum atomic E-state index is 6.37. The zero-order valence-electron chi connectivity index (χ0n) is 11.8. The number of rotatable bonds is 3. The SMILES string of the molecule is NC(CN1Cc2ccccc2C1)c1ccc2c(c1)OCO2. The second-order valence-electron chi connectivity index (χ2n) is 5.66. The molecule has 0 aliphatic carbocycles. The second kappa shape index (κ2) is 5.06. The molecule has 0 radical (unpaired) electrons.